The molecule has 1 aliphatic rings. The number of carbonyl (C=O) groups excluding carboxylic acids is 1. The number of nitrogens with one attached hydrogen (secondary N) is 1. The molecule has 1 saturated heterocycles. The number of amides is 1. The van der Waals surface area contributed by atoms with E-state index in [0.717, 1.165) is 11.5 Å². The molecule has 7 heteroatoms. The molecule has 0 aromatic heterocycles. The van der Waals surface area contributed by atoms with E-state index in [1.807, 2.05) is 35.7 Å². The average molecular weight is 374 g/mol. The van der Waals surface area contributed by atoms with E-state index >= 15 is 0 Å². The van der Waals surface area contributed by atoms with E-state index in [1.54, 1.807) is 13.0 Å². The Hall–Kier alpha value is -0.660. The second kappa shape index (κ2) is 8.44. The molecule has 1 heterocycles. The second-order valence-electron chi connectivity index (χ2n) is 5.55. The summed E-state index contributed by atoms with van der Waals surface area (Å²) in [6.07, 6.45) is 1.75. The van der Waals surface area contributed by atoms with Gasteiger partial charge in [-0.2, -0.15) is 0 Å². The van der Waals surface area contributed by atoms with Gasteiger partial charge in [0.25, 0.3) is 0 Å². The van der Waals surface area contributed by atoms with Crippen LogP contribution in [0.4, 0.5) is 5.69 Å². The van der Waals surface area contributed by atoms with Crippen LogP contribution in [0, 0.1) is 0 Å². The van der Waals surface area contributed by atoms with Gasteiger partial charge in [0.2, 0.25) is 5.91 Å². The summed E-state index contributed by atoms with van der Waals surface area (Å²) in [4.78, 5) is 12.2. The van der Waals surface area contributed by atoms with Crippen molar-refractivity contribution < 1.29 is 13.2 Å². The average Bonchev–Trinajstić information content (AvgIpc) is 2.55. The summed E-state index contributed by atoms with van der Waals surface area (Å²) in [6.45, 7) is 3.25. The molecule has 1 N–H and O–H groups in total. The predicted octanol–water partition coefficient (Wildman–Crippen LogP) is 3.71. The lowest BCUT2D eigenvalue weighted by Gasteiger charge is -2.22. The van der Waals surface area contributed by atoms with Crippen molar-refractivity contribution in [1.29, 1.82) is 0 Å². The van der Waals surface area contributed by atoms with Gasteiger partial charge in [-0.05, 0) is 49.0 Å². The van der Waals surface area contributed by atoms with Crippen LogP contribution in [-0.2, 0) is 14.6 Å². The van der Waals surface area contributed by atoms with Crippen molar-refractivity contribution in [1.82, 2.24) is 0 Å². The van der Waals surface area contributed by atoms with E-state index in [9.17, 15) is 13.2 Å². The lowest BCUT2D eigenvalue weighted by atomic mass is 10.2. The summed E-state index contributed by atoms with van der Waals surface area (Å²) in [5.41, 5.74) is 1.83. The number of rotatable bonds is 6. The highest BCUT2D eigenvalue weighted by atomic mass is 32.2. The first kappa shape index (κ1) is 18.7. The monoisotopic (exact) mass is 373 g/mol. The molecule has 0 saturated carbocycles. The molecule has 0 aliphatic carbocycles. The molecule has 1 aromatic rings. The summed E-state index contributed by atoms with van der Waals surface area (Å²) in [5, 5.41) is 1.73. The van der Waals surface area contributed by atoms with Gasteiger partial charge in [-0.15, -0.1) is 23.5 Å². The SMILES string of the molecule is CCCS(=O)(=O)[C@@H](C)C(=O)Nc1cccc(C2SCCCS2)c1. The van der Waals surface area contributed by atoms with Gasteiger partial charge in [-0.25, -0.2) is 8.42 Å². The third kappa shape index (κ3) is 5.16. The van der Waals surface area contributed by atoms with Crippen LogP contribution in [0.2, 0.25) is 0 Å². The third-order valence-electron chi connectivity index (χ3n) is 3.65. The molecular weight excluding hydrogens is 350 g/mol. The normalized spacial score (nSPS) is 17.7. The number of anilines is 1. The van der Waals surface area contributed by atoms with Crippen LogP contribution in [0.3, 0.4) is 0 Å². The molecule has 1 aliphatic heterocycles. The maximum absolute atomic E-state index is 12.2. The Bertz CT molecular complexity index is 640. The predicted molar refractivity (Wildman–Crippen MR) is 101 cm³/mol. The zero-order chi connectivity index (χ0) is 16.9. The van der Waals surface area contributed by atoms with Gasteiger partial charge in [0.1, 0.15) is 5.25 Å². The Kier molecular flexibility index (Phi) is 6.85. The Morgan fingerprint density at radius 2 is 2.04 bits per heavy atom. The Labute approximate surface area is 147 Å². The lowest BCUT2D eigenvalue weighted by Crippen LogP contribution is -2.34. The van der Waals surface area contributed by atoms with E-state index in [-0.39, 0.29) is 5.75 Å². The molecule has 0 bridgehead atoms. The number of carbonyl (C=O) groups is 1. The number of thioether (sulfide) groups is 2. The minimum atomic E-state index is -3.38. The molecule has 0 spiro atoms. The lowest BCUT2D eigenvalue weighted by molar-refractivity contribution is -0.115. The van der Waals surface area contributed by atoms with Crippen molar-refractivity contribution in [3.8, 4) is 0 Å². The topological polar surface area (TPSA) is 63.2 Å². The van der Waals surface area contributed by atoms with Crippen LogP contribution < -0.4 is 5.32 Å². The molecule has 23 heavy (non-hydrogen) atoms. The van der Waals surface area contributed by atoms with Gasteiger partial charge < -0.3 is 5.32 Å². The molecule has 1 atom stereocenters. The van der Waals surface area contributed by atoms with Gasteiger partial charge in [0, 0.05) is 5.69 Å². The van der Waals surface area contributed by atoms with Crippen molar-refractivity contribution >= 4 is 45.0 Å². The Balaban J connectivity index is 2.06. The molecule has 0 radical (unpaired) electrons. The quantitative estimate of drug-likeness (QED) is 0.823. The van der Waals surface area contributed by atoms with Gasteiger partial charge in [-0.3, -0.25) is 4.79 Å². The van der Waals surface area contributed by atoms with Crippen LogP contribution in [-0.4, -0.2) is 36.8 Å². The van der Waals surface area contributed by atoms with Gasteiger partial charge in [0.15, 0.2) is 9.84 Å². The summed E-state index contributed by atoms with van der Waals surface area (Å²) in [5.74, 6) is 1.89. The number of hydrogen-bond acceptors (Lipinski definition) is 5. The van der Waals surface area contributed by atoms with Crippen molar-refractivity contribution in [2.45, 2.75) is 36.5 Å². The fraction of sp³-hybridized carbons (Fsp3) is 0.562. The first-order valence-corrected chi connectivity index (χ1v) is 11.6. The highest BCUT2D eigenvalue weighted by Gasteiger charge is 2.27. The zero-order valence-corrected chi connectivity index (χ0v) is 15.9. The number of hydrogen-bond donors (Lipinski definition) is 1. The smallest absolute Gasteiger partial charge is 0.242 e. The molecule has 1 amide bonds. The van der Waals surface area contributed by atoms with Crippen molar-refractivity contribution in [3.63, 3.8) is 0 Å². The highest BCUT2D eigenvalue weighted by Crippen LogP contribution is 2.44. The van der Waals surface area contributed by atoms with Crippen LogP contribution in [0.5, 0.6) is 0 Å². The highest BCUT2D eigenvalue weighted by molar-refractivity contribution is 8.16. The summed E-state index contributed by atoms with van der Waals surface area (Å²) < 4.78 is 24.4. The van der Waals surface area contributed by atoms with E-state index in [0.29, 0.717) is 16.7 Å². The first-order chi connectivity index (χ1) is 10.9. The maximum atomic E-state index is 12.2. The molecule has 4 nitrogen and oxygen atoms in total. The Morgan fingerprint density at radius 1 is 1.35 bits per heavy atom. The maximum Gasteiger partial charge on any atom is 0.242 e. The third-order valence-corrected chi connectivity index (χ3v) is 8.93. The first-order valence-electron chi connectivity index (χ1n) is 7.79. The van der Waals surface area contributed by atoms with Crippen molar-refractivity contribution in [3.05, 3.63) is 29.8 Å². The minimum Gasteiger partial charge on any atom is -0.325 e. The van der Waals surface area contributed by atoms with Crippen molar-refractivity contribution in [2.75, 3.05) is 22.6 Å². The number of sulfone groups is 1. The van der Waals surface area contributed by atoms with Gasteiger partial charge in [-0.1, -0.05) is 19.1 Å². The largest absolute Gasteiger partial charge is 0.325 e. The summed E-state index contributed by atoms with van der Waals surface area (Å²) in [7, 11) is -3.38. The molecule has 1 aromatic carbocycles. The molecule has 1 fully saturated rings. The summed E-state index contributed by atoms with van der Waals surface area (Å²) >= 11 is 3.83. The van der Waals surface area contributed by atoms with E-state index in [4.69, 9.17) is 0 Å². The number of benzene rings is 1. The van der Waals surface area contributed by atoms with E-state index in [1.165, 1.54) is 18.9 Å². The van der Waals surface area contributed by atoms with Crippen LogP contribution >= 0.6 is 23.5 Å². The molecule has 2 rings (SSSR count). The fourth-order valence-electron chi connectivity index (χ4n) is 2.31. The molecular formula is C16H23NO3S3. The molecule has 0 unspecified atom stereocenters. The fourth-order valence-corrected chi connectivity index (χ4v) is 6.49. The van der Waals surface area contributed by atoms with E-state index < -0.39 is 21.0 Å². The van der Waals surface area contributed by atoms with Crippen LogP contribution in [0.15, 0.2) is 24.3 Å². The molecule has 128 valence electrons. The van der Waals surface area contributed by atoms with Crippen LogP contribution in [0.25, 0.3) is 0 Å². The van der Waals surface area contributed by atoms with Gasteiger partial charge in [0.05, 0.1) is 10.3 Å². The van der Waals surface area contributed by atoms with Crippen molar-refractivity contribution in [2.24, 2.45) is 0 Å². The minimum absolute atomic E-state index is 0.0387. The summed E-state index contributed by atoms with van der Waals surface area (Å²) in [6, 6.07) is 7.72. The van der Waals surface area contributed by atoms with E-state index in [2.05, 4.69) is 11.4 Å². The second-order valence-corrected chi connectivity index (χ2v) is 10.7. The standard InChI is InChI=1S/C16H23NO3S3/c1-3-10-23(19,20)12(2)15(18)17-14-7-4-6-13(11-14)16-21-8-5-9-22-16/h4,6-7,11-12,16H,3,5,8-10H2,1-2H3,(H,17,18)/t12-/m0/s1. The zero-order valence-electron chi connectivity index (χ0n) is 13.4. The van der Waals surface area contributed by atoms with Crippen LogP contribution in [0.1, 0.15) is 36.8 Å². The van der Waals surface area contributed by atoms with Gasteiger partial charge >= 0.3 is 0 Å². The Morgan fingerprint density at radius 3 is 2.70 bits per heavy atom.